The summed E-state index contributed by atoms with van der Waals surface area (Å²) in [6.07, 6.45) is 2.46. The Kier molecular flexibility index (Phi) is 1.50. The van der Waals surface area contributed by atoms with Gasteiger partial charge in [0.25, 0.3) is 0 Å². The van der Waals surface area contributed by atoms with Crippen molar-refractivity contribution in [2.45, 2.75) is 18.8 Å². The van der Waals surface area contributed by atoms with Gasteiger partial charge in [0.2, 0.25) is 0 Å². The summed E-state index contributed by atoms with van der Waals surface area (Å²) in [7, 11) is 0. The third-order valence-electron chi connectivity index (χ3n) is 2.29. The molecular formula is C10H8BrNO. The van der Waals surface area contributed by atoms with Crippen LogP contribution in [0, 0.1) is 0 Å². The number of fused-ring (bicyclic) bond motifs is 1. The van der Waals surface area contributed by atoms with Crippen LogP contribution in [0.3, 0.4) is 0 Å². The van der Waals surface area contributed by atoms with Gasteiger partial charge in [0.15, 0.2) is 11.5 Å². The van der Waals surface area contributed by atoms with Crippen molar-refractivity contribution in [3.8, 4) is 0 Å². The van der Waals surface area contributed by atoms with Crippen LogP contribution < -0.4 is 0 Å². The van der Waals surface area contributed by atoms with E-state index in [0.717, 1.165) is 21.5 Å². The highest BCUT2D eigenvalue weighted by Gasteiger charge is 2.28. The minimum atomic E-state index is 0.589. The molecule has 0 bridgehead atoms. The second kappa shape index (κ2) is 2.58. The van der Waals surface area contributed by atoms with E-state index < -0.39 is 0 Å². The zero-order valence-corrected chi connectivity index (χ0v) is 8.54. The van der Waals surface area contributed by atoms with Gasteiger partial charge in [-0.2, -0.15) is 0 Å². The highest BCUT2D eigenvalue weighted by atomic mass is 79.9. The molecule has 2 nitrogen and oxygen atoms in total. The largest absolute Gasteiger partial charge is 0.440 e. The molecule has 0 radical (unpaired) electrons. The van der Waals surface area contributed by atoms with Crippen molar-refractivity contribution in [2.24, 2.45) is 0 Å². The van der Waals surface area contributed by atoms with Gasteiger partial charge >= 0.3 is 0 Å². The maximum Gasteiger partial charge on any atom is 0.198 e. The van der Waals surface area contributed by atoms with Crippen LogP contribution in [0.15, 0.2) is 27.1 Å². The first-order valence-electron chi connectivity index (χ1n) is 4.39. The lowest BCUT2D eigenvalue weighted by Crippen LogP contribution is -1.74. The normalized spacial score (nSPS) is 16.7. The van der Waals surface area contributed by atoms with E-state index in [4.69, 9.17) is 4.42 Å². The quantitative estimate of drug-likeness (QED) is 0.760. The minimum Gasteiger partial charge on any atom is -0.440 e. The first kappa shape index (κ1) is 7.56. The van der Waals surface area contributed by atoms with Crippen molar-refractivity contribution < 1.29 is 4.42 Å². The molecule has 1 saturated carbocycles. The third-order valence-corrected chi connectivity index (χ3v) is 2.79. The molecule has 0 amide bonds. The van der Waals surface area contributed by atoms with Crippen LogP contribution in [0.25, 0.3) is 11.1 Å². The van der Waals surface area contributed by atoms with E-state index in [2.05, 4.69) is 20.9 Å². The van der Waals surface area contributed by atoms with Gasteiger partial charge in [0.1, 0.15) is 5.52 Å². The van der Waals surface area contributed by atoms with Crippen LogP contribution in [0.2, 0.25) is 0 Å². The first-order valence-corrected chi connectivity index (χ1v) is 5.18. The lowest BCUT2D eigenvalue weighted by Gasteiger charge is -1.86. The summed E-state index contributed by atoms with van der Waals surface area (Å²) in [4.78, 5) is 4.43. The topological polar surface area (TPSA) is 26.0 Å². The molecule has 0 N–H and O–H groups in total. The predicted octanol–water partition coefficient (Wildman–Crippen LogP) is 3.47. The fourth-order valence-corrected chi connectivity index (χ4v) is 1.76. The molecule has 1 aromatic heterocycles. The second-order valence-electron chi connectivity index (χ2n) is 3.44. The van der Waals surface area contributed by atoms with E-state index in [-0.39, 0.29) is 0 Å². The van der Waals surface area contributed by atoms with Crippen LogP contribution in [0.5, 0.6) is 0 Å². The van der Waals surface area contributed by atoms with Gasteiger partial charge < -0.3 is 4.42 Å². The Morgan fingerprint density at radius 3 is 3.00 bits per heavy atom. The Labute approximate surface area is 84.1 Å². The summed E-state index contributed by atoms with van der Waals surface area (Å²) in [5.41, 5.74) is 1.85. The Hall–Kier alpha value is -0.830. The summed E-state index contributed by atoms with van der Waals surface area (Å²) in [6, 6.07) is 5.94. The fourth-order valence-electron chi connectivity index (χ4n) is 1.42. The molecule has 2 aromatic rings. The molecule has 0 aliphatic heterocycles. The minimum absolute atomic E-state index is 0.589. The SMILES string of the molecule is Brc1ccc2nc(C3CC3)oc2c1. The maximum absolute atomic E-state index is 5.63. The van der Waals surface area contributed by atoms with E-state index >= 15 is 0 Å². The Morgan fingerprint density at radius 1 is 1.38 bits per heavy atom. The zero-order valence-electron chi connectivity index (χ0n) is 6.96. The lowest BCUT2D eigenvalue weighted by molar-refractivity contribution is 0.533. The average Bonchev–Trinajstić information content (AvgIpc) is 2.87. The van der Waals surface area contributed by atoms with Gasteiger partial charge in [-0.25, -0.2) is 4.98 Å². The standard InChI is InChI=1S/C10H8BrNO/c11-7-3-4-8-9(5-7)13-10(12-8)6-1-2-6/h3-6H,1-2H2. The third kappa shape index (κ3) is 1.27. The second-order valence-corrected chi connectivity index (χ2v) is 4.35. The van der Waals surface area contributed by atoms with Crippen molar-refractivity contribution >= 4 is 27.0 Å². The first-order chi connectivity index (χ1) is 6.33. The summed E-state index contributed by atoms with van der Waals surface area (Å²) in [6.45, 7) is 0. The summed E-state index contributed by atoms with van der Waals surface area (Å²) in [5.74, 6) is 1.50. The van der Waals surface area contributed by atoms with E-state index in [1.54, 1.807) is 0 Å². The molecule has 0 saturated heterocycles. The molecule has 1 heterocycles. The van der Waals surface area contributed by atoms with Gasteiger partial charge in [-0.1, -0.05) is 15.9 Å². The van der Waals surface area contributed by atoms with Gasteiger partial charge in [0.05, 0.1) is 0 Å². The molecule has 0 spiro atoms. The number of rotatable bonds is 1. The van der Waals surface area contributed by atoms with E-state index in [0.29, 0.717) is 5.92 Å². The molecule has 13 heavy (non-hydrogen) atoms. The number of hydrogen-bond acceptors (Lipinski definition) is 2. The Balaban J connectivity index is 2.20. The molecular weight excluding hydrogens is 230 g/mol. The smallest absolute Gasteiger partial charge is 0.198 e. The highest BCUT2D eigenvalue weighted by Crippen LogP contribution is 2.40. The zero-order chi connectivity index (χ0) is 8.84. The highest BCUT2D eigenvalue weighted by molar-refractivity contribution is 9.10. The van der Waals surface area contributed by atoms with Crippen molar-refractivity contribution in [2.75, 3.05) is 0 Å². The van der Waals surface area contributed by atoms with Gasteiger partial charge in [0, 0.05) is 10.4 Å². The van der Waals surface area contributed by atoms with Crippen molar-refractivity contribution in [3.05, 3.63) is 28.6 Å². The number of benzene rings is 1. The molecule has 3 rings (SSSR count). The van der Waals surface area contributed by atoms with Gasteiger partial charge in [-0.3, -0.25) is 0 Å². The average molecular weight is 238 g/mol. The van der Waals surface area contributed by atoms with Crippen molar-refractivity contribution in [1.82, 2.24) is 4.98 Å². The number of aromatic nitrogens is 1. The fraction of sp³-hybridized carbons (Fsp3) is 0.300. The Bertz CT molecular complexity index is 459. The van der Waals surface area contributed by atoms with Gasteiger partial charge in [-0.05, 0) is 31.0 Å². The monoisotopic (exact) mass is 237 g/mol. The van der Waals surface area contributed by atoms with Crippen LogP contribution >= 0.6 is 15.9 Å². The lowest BCUT2D eigenvalue weighted by atomic mass is 10.3. The van der Waals surface area contributed by atoms with E-state index in [1.807, 2.05) is 18.2 Å². The number of oxazole rings is 1. The van der Waals surface area contributed by atoms with E-state index in [9.17, 15) is 0 Å². The summed E-state index contributed by atoms with van der Waals surface area (Å²) in [5, 5.41) is 0. The van der Waals surface area contributed by atoms with Crippen LogP contribution in [0.1, 0.15) is 24.7 Å². The van der Waals surface area contributed by atoms with Gasteiger partial charge in [-0.15, -0.1) is 0 Å². The Morgan fingerprint density at radius 2 is 2.23 bits per heavy atom. The maximum atomic E-state index is 5.63. The molecule has 0 atom stereocenters. The van der Waals surface area contributed by atoms with Crippen LogP contribution in [-0.2, 0) is 0 Å². The molecule has 66 valence electrons. The van der Waals surface area contributed by atoms with Crippen LogP contribution in [0.4, 0.5) is 0 Å². The molecule has 3 heteroatoms. The molecule has 0 unspecified atom stereocenters. The summed E-state index contributed by atoms with van der Waals surface area (Å²) >= 11 is 3.41. The molecule has 1 aromatic carbocycles. The van der Waals surface area contributed by atoms with Crippen molar-refractivity contribution in [3.63, 3.8) is 0 Å². The number of hydrogen-bond donors (Lipinski definition) is 0. The molecule has 1 aliphatic carbocycles. The van der Waals surface area contributed by atoms with E-state index in [1.165, 1.54) is 12.8 Å². The molecule has 1 aliphatic rings. The molecule has 1 fully saturated rings. The number of halogens is 1. The van der Waals surface area contributed by atoms with Crippen molar-refractivity contribution in [1.29, 1.82) is 0 Å². The predicted molar refractivity (Wildman–Crippen MR) is 53.7 cm³/mol. The number of nitrogens with zero attached hydrogens (tertiary/aromatic N) is 1. The van der Waals surface area contributed by atoms with Crippen LogP contribution in [-0.4, -0.2) is 4.98 Å². The summed E-state index contributed by atoms with van der Waals surface area (Å²) < 4.78 is 6.67.